The van der Waals surface area contributed by atoms with Gasteiger partial charge < -0.3 is 9.84 Å². The molecule has 0 atom stereocenters. The largest absolute Gasteiger partial charge is 0.504 e. The van der Waals surface area contributed by atoms with Crippen LogP contribution >= 0.6 is 0 Å². The second-order valence-electron chi connectivity index (χ2n) is 5.47. The van der Waals surface area contributed by atoms with Crippen LogP contribution in [0.1, 0.15) is 64.4 Å². The lowest BCUT2D eigenvalue weighted by Gasteiger charge is -2.06. The van der Waals surface area contributed by atoms with Crippen LogP contribution in [0, 0.1) is 0 Å². The van der Waals surface area contributed by atoms with Gasteiger partial charge in [-0.15, -0.1) is 0 Å². The second kappa shape index (κ2) is 11.5. The van der Waals surface area contributed by atoms with Gasteiger partial charge in [0.05, 0.1) is 12.8 Å². The summed E-state index contributed by atoms with van der Waals surface area (Å²) in [6.07, 6.45) is 8.98. The number of phenolic OH excluding ortho intramolecular Hbond substituents is 1. The number of carbonyl (C=O) groups is 1. The van der Waals surface area contributed by atoms with E-state index in [0.717, 1.165) is 18.4 Å². The number of nitrogens with one attached hydrogen (secondary N) is 1. The summed E-state index contributed by atoms with van der Waals surface area (Å²) in [5.74, 6) is 0.437. The Kier molecular flexibility index (Phi) is 9.52. The van der Waals surface area contributed by atoms with Gasteiger partial charge in [-0.05, 0) is 37.1 Å². The minimum absolute atomic E-state index is 0.0689. The number of hydrazone groups is 1. The Balaban J connectivity index is 2.29. The molecule has 0 spiro atoms. The van der Waals surface area contributed by atoms with Gasteiger partial charge in [0.15, 0.2) is 11.5 Å². The minimum Gasteiger partial charge on any atom is -0.504 e. The second-order valence-corrected chi connectivity index (χ2v) is 5.47. The zero-order valence-corrected chi connectivity index (χ0v) is 14.2. The van der Waals surface area contributed by atoms with E-state index in [0.29, 0.717) is 18.8 Å². The van der Waals surface area contributed by atoms with E-state index in [4.69, 9.17) is 4.74 Å². The number of unbranched alkanes of at least 4 members (excludes halogenated alkanes) is 5. The molecule has 1 amide bonds. The topological polar surface area (TPSA) is 70.9 Å². The SMILES string of the molecule is CCCCCCCCC(=O)NN=Cc1ccc(O)c(OCC)c1. The van der Waals surface area contributed by atoms with E-state index in [9.17, 15) is 9.90 Å². The van der Waals surface area contributed by atoms with Gasteiger partial charge in [0.1, 0.15) is 0 Å². The van der Waals surface area contributed by atoms with Gasteiger partial charge in [0.25, 0.3) is 0 Å². The van der Waals surface area contributed by atoms with Crippen LogP contribution in [0.5, 0.6) is 11.5 Å². The van der Waals surface area contributed by atoms with Crippen molar-refractivity contribution in [3.05, 3.63) is 23.8 Å². The highest BCUT2D eigenvalue weighted by atomic mass is 16.5. The number of benzene rings is 1. The van der Waals surface area contributed by atoms with Gasteiger partial charge in [-0.1, -0.05) is 39.0 Å². The molecule has 0 aromatic heterocycles. The van der Waals surface area contributed by atoms with Crippen molar-refractivity contribution in [3.63, 3.8) is 0 Å². The first-order chi connectivity index (χ1) is 11.2. The van der Waals surface area contributed by atoms with Crippen LogP contribution in [-0.4, -0.2) is 23.8 Å². The lowest BCUT2D eigenvalue weighted by atomic mass is 10.1. The van der Waals surface area contributed by atoms with E-state index in [2.05, 4.69) is 17.5 Å². The van der Waals surface area contributed by atoms with E-state index in [1.807, 2.05) is 6.92 Å². The number of hydrogen-bond donors (Lipinski definition) is 2. The molecule has 0 fully saturated rings. The molecule has 0 bridgehead atoms. The molecule has 5 heteroatoms. The molecule has 0 aliphatic heterocycles. The molecular formula is C18H28N2O3. The van der Waals surface area contributed by atoms with Crippen molar-refractivity contribution in [2.45, 2.75) is 58.8 Å². The van der Waals surface area contributed by atoms with E-state index < -0.39 is 0 Å². The third-order valence-electron chi connectivity index (χ3n) is 3.44. The Morgan fingerprint density at radius 1 is 1.22 bits per heavy atom. The Morgan fingerprint density at radius 3 is 2.70 bits per heavy atom. The van der Waals surface area contributed by atoms with E-state index >= 15 is 0 Å². The zero-order valence-electron chi connectivity index (χ0n) is 14.2. The van der Waals surface area contributed by atoms with Crippen molar-refractivity contribution in [1.29, 1.82) is 0 Å². The average Bonchev–Trinajstić information content (AvgIpc) is 2.54. The van der Waals surface area contributed by atoms with Crippen molar-refractivity contribution >= 4 is 12.1 Å². The molecule has 128 valence electrons. The predicted octanol–water partition coefficient (Wildman–Crippen LogP) is 3.99. The van der Waals surface area contributed by atoms with Crippen molar-refractivity contribution < 1.29 is 14.6 Å². The van der Waals surface area contributed by atoms with Crippen molar-refractivity contribution in [2.24, 2.45) is 5.10 Å². The first-order valence-corrected chi connectivity index (χ1v) is 8.45. The van der Waals surface area contributed by atoms with Crippen molar-refractivity contribution in [1.82, 2.24) is 5.43 Å². The average molecular weight is 320 g/mol. The summed E-state index contributed by atoms with van der Waals surface area (Å²) in [5, 5.41) is 13.6. The highest BCUT2D eigenvalue weighted by Crippen LogP contribution is 2.26. The number of rotatable bonds is 11. The fourth-order valence-electron chi connectivity index (χ4n) is 2.18. The summed E-state index contributed by atoms with van der Waals surface area (Å²) < 4.78 is 5.30. The molecule has 0 aliphatic carbocycles. The van der Waals surface area contributed by atoms with Crippen LogP contribution in [0.4, 0.5) is 0 Å². The molecule has 23 heavy (non-hydrogen) atoms. The fraction of sp³-hybridized carbons (Fsp3) is 0.556. The number of aromatic hydroxyl groups is 1. The molecule has 0 saturated carbocycles. The maximum absolute atomic E-state index is 11.7. The minimum atomic E-state index is -0.0689. The number of carbonyl (C=O) groups excluding carboxylic acids is 1. The summed E-state index contributed by atoms with van der Waals surface area (Å²) in [5.41, 5.74) is 3.28. The number of ether oxygens (including phenoxy) is 1. The monoisotopic (exact) mass is 320 g/mol. The molecule has 1 aromatic carbocycles. The van der Waals surface area contributed by atoms with E-state index in [1.165, 1.54) is 25.7 Å². The Morgan fingerprint density at radius 2 is 1.96 bits per heavy atom. The molecule has 0 heterocycles. The third-order valence-corrected chi connectivity index (χ3v) is 3.44. The molecule has 0 unspecified atom stereocenters. The molecule has 1 rings (SSSR count). The summed E-state index contributed by atoms with van der Waals surface area (Å²) in [6, 6.07) is 4.94. The highest BCUT2D eigenvalue weighted by molar-refractivity contribution is 5.83. The third kappa shape index (κ3) is 8.24. The van der Waals surface area contributed by atoms with Crippen LogP contribution in [-0.2, 0) is 4.79 Å². The van der Waals surface area contributed by atoms with Gasteiger partial charge in [0.2, 0.25) is 5.91 Å². The smallest absolute Gasteiger partial charge is 0.240 e. The Hall–Kier alpha value is -2.04. The zero-order chi connectivity index (χ0) is 16.9. The summed E-state index contributed by atoms with van der Waals surface area (Å²) in [7, 11) is 0. The van der Waals surface area contributed by atoms with Gasteiger partial charge in [-0.2, -0.15) is 5.10 Å². The lowest BCUT2D eigenvalue weighted by molar-refractivity contribution is -0.121. The normalized spacial score (nSPS) is 10.9. The Labute approximate surface area is 138 Å². The molecule has 0 aliphatic rings. The van der Waals surface area contributed by atoms with Crippen LogP contribution in [0.25, 0.3) is 0 Å². The van der Waals surface area contributed by atoms with Crippen LogP contribution in [0.15, 0.2) is 23.3 Å². The molecule has 5 nitrogen and oxygen atoms in total. The standard InChI is InChI=1S/C18H28N2O3/c1-3-5-6-7-8-9-10-18(22)20-19-14-15-11-12-16(21)17(13-15)23-4-2/h11-14,21H,3-10H2,1-2H3,(H,20,22). The number of nitrogens with zero attached hydrogens (tertiary/aromatic N) is 1. The maximum atomic E-state index is 11.7. The number of hydrogen-bond acceptors (Lipinski definition) is 4. The maximum Gasteiger partial charge on any atom is 0.240 e. The highest BCUT2D eigenvalue weighted by Gasteiger charge is 2.02. The lowest BCUT2D eigenvalue weighted by Crippen LogP contribution is -2.16. The molecule has 2 N–H and O–H groups in total. The predicted molar refractivity (Wildman–Crippen MR) is 93.0 cm³/mol. The first kappa shape index (κ1) is 19.0. The quantitative estimate of drug-likeness (QED) is 0.368. The van der Waals surface area contributed by atoms with Gasteiger partial charge in [-0.25, -0.2) is 5.43 Å². The first-order valence-electron chi connectivity index (χ1n) is 8.45. The van der Waals surface area contributed by atoms with E-state index in [-0.39, 0.29) is 11.7 Å². The summed E-state index contributed by atoms with van der Waals surface area (Å²) >= 11 is 0. The summed E-state index contributed by atoms with van der Waals surface area (Å²) in [4.78, 5) is 11.7. The van der Waals surface area contributed by atoms with Crippen LogP contribution in [0.2, 0.25) is 0 Å². The van der Waals surface area contributed by atoms with Crippen molar-refractivity contribution in [3.8, 4) is 11.5 Å². The van der Waals surface area contributed by atoms with Crippen LogP contribution < -0.4 is 10.2 Å². The summed E-state index contributed by atoms with van der Waals surface area (Å²) in [6.45, 7) is 4.52. The van der Waals surface area contributed by atoms with Crippen LogP contribution in [0.3, 0.4) is 0 Å². The molecule has 0 saturated heterocycles. The van der Waals surface area contributed by atoms with Gasteiger partial charge in [0, 0.05) is 6.42 Å². The Bertz CT molecular complexity index is 501. The molecule has 0 radical (unpaired) electrons. The van der Waals surface area contributed by atoms with Gasteiger partial charge >= 0.3 is 0 Å². The number of phenols is 1. The molecule has 1 aromatic rings. The van der Waals surface area contributed by atoms with Crippen molar-refractivity contribution in [2.75, 3.05) is 6.61 Å². The molecular weight excluding hydrogens is 292 g/mol. The fourth-order valence-corrected chi connectivity index (χ4v) is 2.18. The van der Waals surface area contributed by atoms with E-state index in [1.54, 1.807) is 24.4 Å². The van der Waals surface area contributed by atoms with Gasteiger partial charge in [-0.3, -0.25) is 4.79 Å². The number of amides is 1.